The fourth-order valence-electron chi connectivity index (χ4n) is 2.45. The quantitative estimate of drug-likeness (QED) is 0.778. The van der Waals surface area contributed by atoms with Crippen molar-refractivity contribution in [2.45, 2.75) is 32.9 Å². The Morgan fingerprint density at radius 3 is 3.00 bits per heavy atom. The molecule has 3 nitrogen and oxygen atoms in total. The van der Waals surface area contributed by atoms with E-state index in [9.17, 15) is 0 Å². The summed E-state index contributed by atoms with van der Waals surface area (Å²) >= 11 is 1.82. The van der Waals surface area contributed by atoms with Gasteiger partial charge in [0, 0.05) is 23.7 Å². The van der Waals surface area contributed by atoms with Gasteiger partial charge in [0.25, 0.3) is 0 Å². The molecule has 0 fully saturated rings. The van der Waals surface area contributed by atoms with E-state index >= 15 is 0 Å². The molecule has 20 heavy (non-hydrogen) atoms. The zero-order valence-corrected chi connectivity index (χ0v) is 12.7. The van der Waals surface area contributed by atoms with Gasteiger partial charge in [0.05, 0.1) is 11.4 Å². The van der Waals surface area contributed by atoms with Crippen LogP contribution in [0.2, 0.25) is 0 Å². The maximum Gasteiger partial charge on any atom is 0.137 e. The zero-order valence-electron chi connectivity index (χ0n) is 11.8. The molecule has 3 aromatic heterocycles. The molecule has 0 amide bonds. The summed E-state index contributed by atoms with van der Waals surface area (Å²) in [4.78, 5) is 6.02. The van der Waals surface area contributed by atoms with E-state index < -0.39 is 0 Å². The van der Waals surface area contributed by atoms with Gasteiger partial charge in [-0.15, -0.1) is 11.3 Å². The Hall–Kier alpha value is -1.65. The van der Waals surface area contributed by atoms with Crippen molar-refractivity contribution in [2.24, 2.45) is 0 Å². The summed E-state index contributed by atoms with van der Waals surface area (Å²) in [6, 6.07) is 10.9. The van der Waals surface area contributed by atoms with Crippen molar-refractivity contribution in [3.63, 3.8) is 0 Å². The number of aryl methyl sites for hydroxylation is 1. The van der Waals surface area contributed by atoms with Crippen molar-refractivity contribution < 1.29 is 0 Å². The molecule has 0 aliphatic heterocycles. The molecule has 0 aliphatic carbocycles. The molecule has 0 saturated carbocycles. The predicted molar refractivity (Wildman–Crippen MR) is 84.3 cm³/mol. The molecule has 3 rings (SSSR count). The van der Waals surface area contributed by atoms with E-state index in [-0.39, 0.29) is 0 Å². The third kappa shape index (κ3) is 2.76. The van der Waals surface area contributed by atoms with Crippen LogP contribution >= 0.6 is 11.3 Å². The Labute approximate surface area is 123 Å². The molecule has 0 saturated heterocycles. The molecule has 4 heteroatoms. The Balaban J connectivity index is 1.69. The van der Waals surface area contributed by atoms with Crippen molar-refractivity contribution in [1.29, 1.82) is 0 Å². The van der Waals surface area contributed by atoms with E-state index in [4.69, 9.17) is 0 Å². The molecule has 0 aliphatic rings. The molecule has 104 valence electrons. The largest absolute Gasteiger partial charge is 0.308 e. The molecule has 0 radical (unpaired) electrons. The van der Waals surface area contributed by atoms with E-state index in [1.165, 1.54) is 10.6 Å². The van der Waals surface area contributed by atoms with Crippen LogP contribution in [0.5, 0.6) is 0 Å². The lowest BCUT2D eigenvalue weighted by atomic mass is 10.2. The molecular weight excluding hydrogens is 266 g/mol. The minimum Gasteiger partial charge on any atom is -0.308 e. The molecule has 3 aromatic rings. The fourth-order valence-corrected chi connectivity index (χ4v) is 3.29. The van der Waals surface area contributed by atoms with Crippen LogP contribution in [0, 0.1) is 6.92 Å². The number of rotatable bonds is 5. The second-order valence-corrected chi connectivity index (χ2v) is 6.17. The van der Waals surface area contributed by atoms with Crippen molar-refractivity contribution in [1.82, 2.24) is 14.7 Å². The third-order valence-corrected chi connectivity index (χ3v) is 4.43. The summed E-state index contributed by atoms with van der Waals surface area (Å²) in [5.41, 5.74) is 3.37. The molecule has 1 N–H and O–H groups in total. The van der Waals surface area contributed by atoms with Gasteiger partial charge in [-0.3, -0.25) is 0 Å². The maximum atomic E-state index is 4.59. The smallest absolute Gasteiger partial charge is 0.137 e. The lowest BCUT2D eigenvalue weighted by molar-refractivity contribution is 0.540. The van der Waals surface area contributed by atoms with Crippen LogP contribution in [0.1, 0.15) is 23.2 Å². The number of nitrogens with one attached hydrogen (secondary N) is 1. The van der Waals surface area contributed by atoms with Gasteiger partial charge in [-0.2, -0.15) is 0 Å². The first-order valence-electron chi connectivity index (χ1n) is 6.92. The van der Waals surface area contributed by atoms with Crippen molar-refractivity contribution in [2.75, 3.05) is 0 Å². The van der Waals surface area contributed by atoms with Gasteiger partial charge >= 0.3 is 0 Å². The number of fused-ring (bicyclic) bond motifs is 1. The summed E-state index contributed by atoms with van der Waals surface area (Å²) in [7, 11) is 0. The first-order valence-corrected chi connectivity index (χ1v) is 7.80. The summed E-state index contributed by atoms with van der Waals surface area (Å²) in [6.45, 7) is 5.16. The van der Waals surface area contributed by atoms with Crippen LogP contribution in [0.4, 0.5) is 0 Å². The van der Waals surface area contributed by atoms with E-state index in [0.29, 0.717) is 6.04 Å². The monoisotopic (exact) mass is 285 g/mol. The maximum absolute atomic E-state index is 4.59. The van der Waals surface area contributed by atoms with Crippen LogP contribution in [0.25, 0.3) is 5.65 Å². The third-order valence-electron chi connectivity index (χ3n) is 3.53. The number of pyridine rings is 1. The Bertz CT molecular complexity index is 685. The SMILES string of the molecule is Cc1nc2ccccn2c1CNC(C)Cc1cccs1. The van der Waals surface area contributed by atoms with Gasteiger partial charge in [0.2, 0.25) is 0 Å². The first-order chi connectivity index (χ1) is 9.74. The highest BCUT2D eigenvalue weighted by Gasteiger charge is 2.10. The van der Waals surface area contributed by atoms with Crippen molar-refractivity contribution >= 4 is 17.0 Å². The standard InChI is InChI=1S/C16H19N3S/c1-12(10-14-6-5-9-20-14)17-11-15-13(2)18-16-7-3-4-8-19(15)16/h3-9,12,17H,10-11H2,1-2H3. The molecule has 1 atom stereocenters. The topological polar surface area (TPSA) is 29.3 Å². The average Bonchev–Trinajstić information content (AvgIpc) is 3.03. The van der Waals surface area contributed by atoms with E-state index in [2.05, 4.69) is 52.3 Å². The van der Waals surface area contributed by atoms with Crippen LogP contribution < -0.4 is 5.32 Å². The van der Waals surface area contributed by atoms with E-state index in [1.807, 2.05) is 29.5 Å². The highest BCUT2D eigenvalue weighted by molar-refractivity contribution is 7.09. The van der Waals surface area contributed by atoms with Gasteiger partial charge in [0.1, 0.15) is 5.65 Å². The van der Waals surface area contributed by atoms with E-state index in [1.54, 1.807) is 0 Å². The number of imidazole rings is 1. The van der Waals surface area contributed by atoms with Gasteiger partial charge in [-0.25, -0.2) is 4.98 Å². The van der Waals surface area contributed by atoms with Crippen LogP contribution in [0.15, 0.2) is 41.9 Å². The lowest BCUT2D eigenvalue weighted by Gasteiger charge is -2.13. The average molecular weight is 285 g/mol. The molecule has 1 unspecified atom stereocenters. The lowest BCUT2D eigenvalue weighted by Crippen LogP contribution is -2.28. The number of thiophene rings is 1. The molecule has 0 spiro atoms. The number of nitrogens with zero attached hydrogens (tertiary/aromatic N) is 2. The van der Waals surface area contributed by atoms with Crippen LogP contribution in [0.3, 0.4) is 0 Å². The minimum atomic E-state index is 0.460. The highest BCUT2D eigenvalue weighted by Crippen LogP contribution is 2.13. The summed E-state index contributed by atoms with van der Waals surface area (Å²) < 4.78 is 2.17. The van der Waals surface area contributed by atoms with E-state index in [0.717, 1.165) is 24.3 Å². The Morgan fingerprint density at radius 2 is 2.20 bits per heavy atom. The Morgan fingerprint density at radius 1 is 1.30 bits per heavy atom. The molecular formula is C16H19N3S. The molecule has 3 heterocycles. The molecule has 0 aromatic carbocycles. The first kappa shape index (κ1) is 13.3. The van der Waals surface area contributed by atoms with Crippen molar-refractivity contribution in [3.8, 4) is 0 Å². The van der Waals surface area contributed by atoms with Gasteiger partial charge < -0.3 is 9.72 Å². The second-order valence-electron chi connectivity index (χ2n) is 5.14. The predicted octanol–water partition coefficient (Wildman–Crippen LogP) is 3.43. The molecule has 0 bridgehead atoms. The zero-order chi connectivity index (χ0) is 13.9. The van der Waals surface area contributed by atoms with Gasteiger partial charge in [-0.1, -0.05) is 12.1 Å². The second kappa shape index (κ2) is 5.77. The van der Waals surface area contributed by atoms with Gasteiger partial charge in [-0.05, 0) is 43.8 Å². The minimum absolute atomic E-state index is 0.460. The highest BCUT2D eigenvalue weighted by atomic mass is 32.1. The normalized spacial score (nSPS) is 12.9. The van der Waals surface area contributed by atoms with Gasteiger partial charge in [0.15, 0.2) is 0 Å². The van der Waals surface area contributed by atoms with Crippen LogP contribution in [-0.2, 0) is 13.0 Å². The number of aromatic nitrogens is 2. The van der Waals surface area contributed by atoms with Crippen LogP contribution in [-0.4, -0.2) is 15.4 Å². The van der Waals surface area contributed by atoms with Crippen molar-refractivity contribution in [3.05, 3.63) is 58.2 Å². The summed E-state index contributed by atoms with van der Waals surface area (Å²) in [6.07, 6.45) is 3.16. The Kier molecular flexibility index (Phi) is 3.85. The fraction of sp³-hybridized carbons (Fsp3) is 0.312. The summed E-state index contributed by atoms with van der Waals surface area (Å²) in [5, 5.41) is 5.74. The number of hydrogen-bond donors (Lipinski definition) is 1. The number of hydrogen-bond acceptors (Lipinski definition) is 3. The summed E-state index contributed by atoms with van der Waals surface area (Å²) in [5.74, 6) is 0.